The van der Waals surface area contributed by atoms with Crippen molar-refractivity contribution in [3.63, 3.8) is 0 Å². The number of rotatable bonds is 1. The van der Waals surface area contributed by atoms with Crippen molar-refractivity contribution in [1.82, 2.24) is 4.90 Å². The molecule has 0 aromatic carbocycles. The summed E-state index contributed by atoms with van der Waals surface area (Å²) in [6.45, 7) is 0. The lowest BCUT2D eigenvalue weighted by Crippen LogP contribution is -2.03. The van der Waals surface area contributed by atoms with E-state index in [0.717, 1.165) is 18.4 Å². The Labute approximate surface area is 72.9 Å². The first-order chi connectivity index (χ1) is 5.72. The van der Waals surface area contributed by atoms with Crippen LogP contribution in [0, 0.1) is 0 Å². The Kier molecular flexibility index (Phi) is 2.89. The van der Waals surface area contributed by atoms with Gasteiger partial charge < -0.3 is 4.90 Å². The van der Waals surface area contributed by atoms with Crippen LogP contribution in [0.15, 0.2) is 29.5 Å². The highest BCUT2D eigenvalue weighted by Gasteiger charge is 2.03. The summed E-state index contributed by atoms with van der Waals surface area (Å²) < 4.78 is 0. The van der Waals surface area contributed by atoms with Gasteiger partial charge in [0.15, 0.2) is 0 Å². The first-order valence-corrected chi connectivity index (χ1v) is 4.01. The topological polar surface area (TPSA) is 20.3 Å². The number of carbonyl (C=O) groups excluding carboxylic acids is 1. The average Bonchev–Trinajstić information content (AvgIpc) is 2.05. The fraction of sp³-hybridized carbons (Fsp3) is 0.400. The molecule has 0 radical (unpaired) electrons. The normalized spacial score (nSPS) is 19.5. The van der Waals surface area contributed by atoms with E-state index in [0.29, 0.717) is 0 Å². The smallest absolute Gasteiger partial charge is 0.127 e. The molecule has 0 amide bonds. The van der Waals surface area contributed by atoms with E-state index < -0.39 is 0 Å². The van der Waals surface area contributed by atoms with E-state index in [2.05, 4.69) is 6.20 Å². The summed E-state index contributed by atoms with van der Waals surface area (Å²) in [5, 5.41) is 0. The predicted octanol–water partition coefficient (Wildman–Crippen LogP) is 1.54. The zero-order valence-corrected chi connectivity index (χ0v) is 7.50. The van der Waals surface area contributed by atoms with Gasteiger partial charge in [0.25, 0.3) is 0 Å². The van der Waals surface area contributed by atoms with E-state index in [1.54, 1.807) is 0 Å². The number of hydrogen-bond donors (Lipinski definition) is 0. The first-order valence-electron chi connectivity index (χ1n) is 4.01. The summed E-state index contributed by atoms with van der Waals surface area (Å²) in [7, 11) is 3.98. The van der Waals surface area contributed by atoms with Gasteiger partial charge in [0.05, 0.1) is 0 Å². The molecule has 0 spiro atoms. The SMILES string of the molecule is CN(C)/C=C1\C=CC(=C=O)CC1. The molecule has 0 N–H and O–H groups in total. The molecule has 0 aromatic rings. The zero-order valence-electron chi connectivity index (χ0n) is 7.50. The molecule has 1 aliphatic rings. The molecule has 12 heavy (non-hydrogen) atoms. The Balaban J connectivity index is 2.72. The molecule has 0 unspecified atom stereocenters. The van der Waals surface area contributed by atoms with Gasteiger partial charge in [-0.3, -0.25) is 0 Å². The fourth-order valence-corrected chi connectivity index (χ4v) is 1.18. The maximum Gasteiger partial charge on any atom is 0.127 e. The van der Waals surface area contributed by atoms with Gasteiger partial charge in [-0.25, -0.2) is 4.79 Å². The zero-order chi connectivity index (χ0) is 8.97. The summed E-state index contributed by atoms with van der Waals surface area (Å²) in [5.74, 6) is 1.92. The van der Waals surface area contributed by atoms with E-state index >= 15 is 0 Å². The van der Waals surface area contributed by atoms with Gasteiger partial charge in [0.2, 0.25) is 0 Å². The Hall–Kier alpha value is -1.27. The monoisotopic (exact) mass is 163 g/mol. The number of allylic oxidation sites excluding steroid dienone is 4. The second-order valence-electron chi connectivity index (χ2n) is 3.13. The molecular weight excluding hydrogens is 150 g/mol. The molecule has 64 valence electrons. The van der Waals surface area contributed by atoms with E-state index in [1.807, 2.05) is 37.1 Å². The summed E-state index contributed by atoms with van der Waals surface area (Å²) in [6, 6.07) is 0. The van der Waals surface area contributed by atoms with Gasteiger partial charge >= 0.3 is 0 Å². The average molecular weight is 163 g/mol. The van der Waals surface area contributed by atoms with Gasteiger partial charge in [0, 0.05) is 25.9 Å². The van der Waals surface area contributed by atoms with Crippen LogP contribution in [0.5, 0.6) is 0 Å². The third-order valence-corrected chi connectivity index (χ3v) is 1.74. The maximum atomic E-state index is 10.2. The van der Waals surface area contributed by atoms with Crippen LogP contribution in [-0.2, 0) is 4.79 Å². The third kappa shape index (κ3) is 2.40. The highest BCUT2D eigenvalue weighted by atomic mass is 16.1. The van der Waals surface area contributed by atoms with Crippen LogP contribution in [-0.4, -0.2) is 24.9 Å². The molecule has 0 heterocycles. The van der Waals surface area contributed by atoms with Crippen LogP contribution in [0.25, 0.3) is 0 Å². The van der Waals surface area contributed by atoms with Gasteiger partial charge in [-0.15, -0.1) is 0 Å². The third-order valence-electron chi connectivity index (χ3n) is 1.74. The van der Waals surface area contributed by atoms with E-state index in [1.165, 1.54) is 5.57 Å². The molecule has 0 aromatic heterocycles. The summed E-state index contributed by atoms with van der Waals surface area (Å²) in [5.41, 5.74) is 2.03. The second-order valence-corrected chi connectivity index (χ2v) is 3.13. The molecule has 2 heteroatoms. The fourth-order valence-electron chi connectivity index (χ4n) is 1.18. The van der Waals surface area contributed by atoms with Gasteiger partial charge in [-0.2, -0.15) is 0 Å². The Morgan fingerprint density at radius 2 is 2.17 bits per heavy atom. The van der Waals surface area contributed by atoms with Gasteiger partial charge in [0.1, 0.15) is 5.94 Å². The maximum absolute atomic E-state index is 10.2. The van der Waals surface area contributed by atoms with Crippen LogP contribution in [0.1, 0.15) is 12.8 Å². The van der Waals surface area contributed by atoms with E-state index in [9.17, 15) is 4.79 Å². The molecule has 0 saturated heterocycles. The van der Waals surface area contributed by atoms with Gasteiger partial charge in [-0.1, -0.05) is 6.08 Å². The van der Waals surface area contributed by atoms with Crippen LogP contribution in [0.4, 0.5) is 0 Å². The highest BCUT2D eigenvalue weighted by molar-refractivity contribution is 5.59. The van der Waals surface area contributed by atoms with Crippen molar-refractivity contribution in [2.75, 3.05) is 14.1 Å². The Morgan fingerprint density at radius 3 is 2.58 bits per heavy atom. The summed E-state index contributed by atoms with van der Waals surface area (Å²) in [4.78, 5) is 12.3. The lowest BCUT2D eigenvalue weighted by Gasteiger charge is -2.11. The van der Waals surface area contributed by atoms with Crippen molar-refractivity contribution in [3.8, 4) is 0 Å². The molecular formula is C10H13NO. The molecule has 0 bridgehead atoms. The standard InChI is InChI=1S/C10H13NO/c1-11(2)7-9-3-5-10(8-12)6-4-9/h3,5,7H,4,6H2,1-2H3/b9-7+. The number of nitrogens with zero attached hydrogens (tertiary/aromatic N) is 1. The molecule has 0 aliphatic heterocycles. The quantitative estimate of drug-likeness (QED) is 0.546. The van der Waals surface area contributed by atoms with Crippen LogP contribution < -0.4 is 0 Å². The van der Waals surface area contributed by atoms with Crippen molar-refractivity contribution in [2.45, 2.75) is 12.8 Å². The minimum Gasteiger partial charge on any atom is -0.383 e. The van der Waals surface area contributed by atoms with Crippen LogP contribution in [0.3, 0.4) is 0 Å². The predicted molar refractivity (Wildman–Crippen MR) is 49.4 cm³/mol. The van der Waals surface area contributed by atoms with Crippen LogP contribution in [0.2, 0.25) is 0 Å². The second kappa shape index (κ2) is 3.93. The highest BCUT2D eigenvalue weighted by Crippen LogP contribution is 2.18. The van der Waals surface area contributed by atoms with Gasteiger partial charge in [-0.05, 0) is 24.5 Å². The van der Waals surface area contributed by atoms with Crippen molar-refractivity contribution in [2.24, 2.45) is 0 Å². The van der Waals surface area contributed by atoms with Crippen LogP contribution >= 0.6 is 0 Å². The van der Waals surface area contributed by atoms with Crippen molar-refractivity contribution < 1.29 is 4.79 Å². The molecule has 0 atom stereocenters. The molecule has 1 rings (SSSR count). The summed E-state index contributed by atoms with van der Waals surface area (Å²) in [6.07, 6.45) is 7.65. The Morgan fingerprint density at radius 1 is 1.42 bits per heavy atom. The summed E-state index contributed by atoms with van der Waals surface area (Å²) >= 11 is 0. The molecule has 0 fully saturated rings. The van der Waals surface area contributed by atoms with E-state index in [-0.39, 0.29) is 0 Å². The lowest BCUT2D eigenvalue weighted by molar-refractivity contribution is 0.555. The van der Waals surface area contributed by atoms with Crippen molar-refractivity contribution in [1.29, 1.82) is 0 Å². The molecule has 2 nitrogen and oxygen atoms in total. The lowest BCUT2D eigenvalue weighted by atomic mass is 9.99. The first kappa shape index (κ1) is 8.82. The number of hydrogen-bond acceptors (Lipinski definition) is 2. The van der Waals surface area contributed by atoms with Crippen molar-refractivity contribution in [3.05, 3.63) is 29.5 Å². The minimum absolute atomic E-state index is 0.769. The molecule has 1 aliphatic carbocycles. The molecule has 0 saturated carbocycles. The Bertz CT molecular complexity index is 268. The van der Waals surface area contributed by atoms with Crippen molar-refractivity contribution >= 4 is 5.94 Å². The van der Waals surface area contributed by atoms with E-state index in [4.69, 9.17) is 0 Å². The minimum atomic E-state index is 0.769. The largest absolute Gasteiger partial charge is 0.383 e.